The van der Waals surface area contributed by atoms with Gasteiger partial charge in [-0.25, -0.2) is 9.18 Å². The van der Waals surface area contributed by atoms with Crippen molar-refractivity contribution in [3.05, 3.63) is 29.1 Å². The molecule has 7 nitrogen and oxygen atoms in total. The number of fused-ring (bicyclic) bond motifs is 4. The third-order valence-electron chi connectivity index (χ3n) is 6.32. The quantitative estimate of drug-likeness (QED) is 0.804. The number of hydrogen-bond donors (Lipinski definition) is 2. The molecule has 2 saturated heterocycles. The minimum absolute atomic E-state index is 0.0825. The summed E-state index contributed by atoms with van der Waals surface area (Å²) in [5.41, 5.74) is 2.07. The van der Waals surface area contributed by atoms with Gasteiger partial charge in [0.15, 0.2) is 0 Å². The van der Waals surface area contributed by atoms with Crippen LogP contribution in [0.3, 0.4) is 0 Å². The van der Waals surface area contributed by atoms with Gasteiger partial charge in [0.25, 0.3) is 0 Å². The van der Waals surface area contributed by atoms with Crippen molar-refractivity contribution in [1.82, 2.24) is 4.90 Å². The maximum atomic E-state index is 14.8. The van der Waals surface area contributed by atoms with E-state index in [9.17, 15) is 19.1 Å². The number of aliphatic hydroxyl groups is 2. The Bertz CT molecular complexity index is 803. The number of piperidine rings is 1. The highest BCUT2D eigenvalue weighted by Crippen LogP contribution is 2.59. The standard InChI is InChI=1S/C18H19FN2O5/c19-12-3-13-8(2-14-15(6-22)26-18(25)21(13)14)1-9(12)17-10-4-20(5-11(10)17)16(24)7-23/h1,3,10-11,14-15,17,22-23H,2,4-7H2/t10?,11?,14-,15?,17?/m0/s1. The molecule has 0 spiro atoms. The van der Waals surface area contributed by atoms with Crippen LogP contribution in [0.25, 0.3) is 0 Å². The van der Waals surface area contributed by atoms with E-state index in [1.165, 1.54) is 11.0 Å². The highest BCUT2D eigenvalue weighted by Gasteiger charge is 2.58. The van der Waals surface area contributed by atoms with Gasteiger partial charge in [-0.15, -0.1) is 0 Å². The van der Waals surface area contributed by atoms with Crippen molar-refractivity contribution in [3.8, 4) is 0 Å². The second-order valence-electron chi connectivity index (χ2n) is 7.56. The number of hydrogen-bond acceptors (Lipinski definition) is 5. The molecule has 4 aliphatic rings. The molecule has 26 heavy (non-hydrogen) atoms. The lowest BCUT2D eigenvalue weighted by molar-refractivity contribution is -0.133. The van der Waals surface area contributed by atoms with Crippen molar-refractivity contribution >= 4 is 17.7 Å². The number of cyclic esters (lactones) is 1. The molecule has 4 atom stereocenters. The number of anilines is 1. The molecule has 2 N–H and O–H groups in total. The summed E-state index contributed by atoms with van der Waals surface area (Å²) in [7, 11) is 0. The van der Waals surface area contributed by atoms with Crippen LogP contribution in [0.5, 0.6) is 0 Å². The monoisotopic (exact) mass is 362 g/mol. The van der Waals surface area contributed by atoms with Gasteiger partial charge in [-0.2, -0.15) is 0 Å². The zero-order valence-corrected chi connectivity index (χ0v) is 14.0. The van der Waals surface area contributed by atoms with Gasteiger partial charge in [-0.1, -0.05) is 6.07 Å². The molecule has 3 fully saturated rings. The van der Waals surface area contributed by atoms with E-state index in [2.05, 4.69) is 0 Å². The van der Waals surface area contributed by atoms with E-state index in [4.69, 9.17) is 9.84 Å². The number of benzene rings is 1. The number of carbonyl (C=O) groups is 2. The van der Waals surface area contributed by atoms with E-state index in [-0.39, 0.29) is 42.1 Å². The van der Waals surface area contributed by atoms with Crippen LogP contribution in [0.4, 0.5) is 14.9 Å². The van der Waals surface area contributed by atoms with Crippen molar-refractivity contribution in [1.29, 1.82) is 0 Å². The molecular weight excluding hydrogens is 343 g/mol. The summed E-state index contributed by atoms with van der Waals surface area (Å²) in [6.07, 6.45) is -0.585. The summed E-state index contributed by atoms with van der Waals surface area (Å²) in [6, 6.07) is 2.95. The predicted molar refractivity (Wildman–Crippen MR) is 87.1 cm³/mol. The first-order valence-electron chi connectivity index (χ1n) is 8.85. The molecule has 1 aliphatic carbocycles. The molecule has 2 amide bonds. The third-order valence-corrected chi connectivity index (χ3v) is 6.32. The molecule has 8 heteroatoms. The Balaban J connectivity index is 1.39. The van der Waals surface area contributed by atoms with Crippen molar-refractivity contribution in [2.45, 2.75) is 24.5 Å². The minimum atomic E-state index is -0.584. The van der Waals surface area contributed by atoms with E-state index in [1.54, 1.807) is 4.90 Å². The number of ether oxygens (including phenoxy) is 1. The Morgan fingerprint density at radius 3 is 2.65 bits per heavy atom. The Labute approximate surface area is 148 Å². The van der Waals surface area contributed by atoms with Crippen LogP contribution in [-0.4, -0.2) is 65.6 Å². The Morgan fingerprint density at radius 1 is 1.27 bits per heavy atom. The zero-order valence-electron chi connectivity index (χ0n) is 14.0. The smallest absolute Gasteiger partial charge is 0.415 e. The second kappa shape index (κ2) is 5.40. The zero-order chi connectivity index (χ0) is 18.2. The molecule has 3 heterocycles. The molecule has 3 aliphatic heterocycles. The molecule has 0 radical (unpaired) electrons. The Hall–Kier alpha value is -2.19. The summed E-state index contributed by atoms with van der Waals surface area (Å²) in [5.74, 6) is -0.0773. The highest BCUT2D eigenvalue weighted by atomic mass is 19.1. The third kappa shape index (κ3) is 2.05. The first kappa shape index (κ1) is 16.0. The normalized spacial score (nSPS) is 33.8. The van der Waals surface area contributed by atoms with Crippen LogP contribution >= 0.6 is 0 Å². The maximum absolute atomic E-state index is 14.8. The van der Waals surface area contributed by atoms with Crippen LogP contribution in [0.15, 0.2) is 12.1 Å². The van der Waals surface area contributed by atoms with Gasteiger partial charge in [0, 0.05) is 13.1 Å². The van der Waals surface area contributed by atoms with Gasteiger partial charge < -0.3 is 19.8 Å². The topological polar surface area (TPSA) is 90.3 Å². The lowest BCUT2D eigenvalue weighted by Crippen LogP contribution is -2.34. The summed E-state index contributed by atoms with van der Waals surface area (Å²) < 4.78 is 19.9. The first-order valence-corrected chi connectivity index (χ1v) is 8.85. The largest absolute Gasteiger partial charge is 0.441 e. The van der Waals surface area contributed by atoms with E-state index < -0.39 is 18.8 Å². The number of likely N-dealkylation sites (tertiary alicyclic amines) is 1. The average Bonchev–Trinajstić information content (AvgIpc) is 2.98. The van der Waals surface area contributed by atoms with E-state index in [0.29, 0.717) is 30.8 Å². The van der Waals surface area contributed by atoms with Crippen LogP contribution in [0.1, 0.15) is 17.0 Å². The fourth-order valence-electron chi connectivity index (χ4n) is 5.01. The fourth-order valence-corrected chi connectivity index (χ4v) is 5.01. The number of rotatable bonds is 3. The van der Waals surface area contributed by atoms with Gasteiger partial charge in [-0.05, 0) is 41.4 Å². The Kier molecular flexibility index (Phi) is 3.33. The lowest BCUT2D eigenvalue weighted by Gasteiger charge is -2.19. The number of carbonyl (C=O) groups excluding carboxylic acids is 2. The SMILES string of the molecule is O=C(CO)N1CC2C(C1)C2c1cc2c(cc1F)N1C(=O)OC(CO)[C@@H]1C2. The van der Waals surface area contributed by atoms with Gasteiger partial charge >= 0.3 is 6.09 Å². The van der Waals surface area contributed by atoms with E-state index >= 15 is 0 Å². The first-order chi connectivity index (χ1) is 12.5. The molecule has 5 rings (SSSR count). The summed E-state index contributed by atoms with van der Waals surface area (Å²) in [4.78, 5) is 26.7. The molecular formula is C18H19FN2O5. The molecule has 1 aromatic rings. The van der Waals surface area contributed by atoms with Crippen molar-refractivity contribution in [2.75, 3.05) is 31.2 Å². The van der Waals surface area contributed by atoms with Gasteiger partial charge in [0.05, 0.1) is 18.3 Å². The number of amides is 2. The van der Waals surface area contributed by atoms with E-state index in [1.807, 2.05) is 6.07 Å². The molecule has 1 saturated carbocycles. The summed E-state index contributed by atoms with van der Waals surface area (Å²) >= 11 is 0. The average molecular weight is 362 g/mol. The molecule has 0 aromatic heterocycles. The van der Waals surface area contributed by atoms with Crippen LogP contribution in [-0.2, 0) is 16.0 Å². The predicted octanol–water partition coefficient (Wildman–Crippen LogP) is 0.232. The van der Waals surface area contributed by atoms with Crippen LogP contribution < -0.4 is 4.90 Å². The van der Waals surface area contributed by atoms with Crippen LogP contribution in [0, 0.1) is 17.7 Å². The van der Waals surface area contributed by atoms with Crippen molar-refractivity contribution in [2.24, 2.45) is 11.8 Å². The minimum Gasteiger partial charge on any atom is -0.441 e. The second-order valence-corrected chi connectivity index (χ2v) is 7.56. The van der Waals surface area contributed by atoms with Crippen LogP contribution in [0.2, 0.25) is 0 Å². The summed E-state index contributed by atoms with van der Waals surface area (Å²) in [5, 5.41) is 18.3. The lowest BCUT2D eigenvalue weighted by atomic mass is 9.99. The highest BCUT2D eigenvalue weighted by molar-refractivity contribution is 5.93. The maximum Gasteiger partial charge on any atom is 0.415 e. The van der Waals surface area contributed by atoms with Crippen molar-refractivity contribution < 1.29 is 28.9 Å². The Morgan fingerprint density at radius 2 is 2.00 bits per heavy atom. The number of halogens is 1. The summed E-state index contributed by atoms with van der Waals surface area (Å²) in [6.45, 7) is 0.367. The van der Waals surface area contributed by atoms with Crippen molar-refractivity contribution in [3.63, 3.8) is 0 Å². The molecule has 138 valence electrons. The van der Waals surface area contributed by atoms with Gasteiger partial charge in [-0.3, -0.25) is 9.69 Å². The fraction of sp³-hybridized carbons (Fsp3) is 0.556. The van der Waals surface area contributed by atoms with Gasteiger partial charge in [0.2, 0.25) is 5.91 Å². The number of aliphatic hydroxyl groups excluding tert-OH is 2. The molecule has 1 aromatic carbocycles. The van der Waals surface area contributed by atoms with Gasteiger partial charge in [0.1, 0.15) is 18.5 Å². The molecule has 0 bridgehead atoms. The molecule has 3 unspecified atom stereocenters. The van der Waals surface area contributed by atoms with E-state index in [0.717, 1.165) is 5.56 Å². The number of nitrogens with zero attached hydrogens (tertiary/aromatic N) is 2.